The third-order valence-corrected chi connectivity index (χ3v) is 0.803. The van der Waals surface area contributed by atoms with Crippen LogP contribution < -0.4 is 0 Å². The van der Waals surface area contributed by atoms with Crippen LogP contribution in [0.15, 0.2) is 0 Å². The molecule has 0 spiro atoms. The zero-order valence-electron chi connectivity index (χ0n) is 5.44. The van der Waals surface area contributed by atoms with Crippen LogP contribution in [0.3, 0.4) is 0 Å². The van der Waals surface area contributed by atoms with Crippen LogP contribution >= 0.6 is 0 Å². The highest BCUT2D eigenvalue weighted by Gasteiger charge is 1.88. The normalized spacial score (nSPS) is 6.36. The van der Waals surface area contributed by atoms with Gasteiger partial charge in [0, 0.05) is 6.92 Å². The Morgan fingerprint density at radius 2 is 1.73 bits per heavy atom. The van der Waals surface area contributed by atoms with Crippen molar-refractivity contribution in [2.75, 3.05) is 6.61 Å². The summed E-state index contributed by atoms with van der Waals surface area (Å²) in [5.41, 5.74) is 0. The van der Waals surface area contributed by atoms with Crippen molar-refractivity contribution in [3.05, 3.63) is 0 Å². The number of esters is 1. The molecule has 0 saturated carbocycles. The summed E-state index contributed by atoms with van der Waals surface area (Å²) >= 11 is 0. The molecule has 0 heterocycles. The Balaban J connectivity index is -0.0000000817. The monoisotopic (exact) mass is 206 g/mol. The molecule has 0 aromatic heterocycles. The summed E-state index contributed by atoms with van der Waals surface area (Å²) in [5.74, 6) is -0.182. The highest BCUT2D eigenvalue weighted by molar-refractivity contribution is 5.76. The van der Waals surface area contributed by atoms with Crippen molar-refractivity contribution in [3.63, 3.8) is 0 Å². The molecule has 0 aliphatic carbocycles. The van der Waals surface area contributed by atoms with Crippen molar-refractivity contribution in [2.45, 2.75) is 26.7 Å². The lowest BCUT2D eigenvalue weighted by Gasteiger charge is -1.96. The lowest BCUT2D eigenvalue weighted by atomic mass is 10.4. The number of hydrogen-bond donors (Lipinski definition) is 0. The fourth-order valence-corrected chi connectivity index (χ4v) is 0.360. The number of unbranched alkanes of at least 4 members (excludes halogenated alkanes) is 1. The van der Waals surface area contributed by atoms with Gasteiger partial charge in [-0.1, -0.05) is 13.3 Å². The maximum Gasteiger partial charge on any atom is 0.302 e. The number of ether oxygens (including phenoxy) is 1. The fraction of sp³-hybridized carbons (Fsp3) is 0.833. The quantitative estimate of drug-likeness (QED) is 0.297. The maximum absolute atomic E-state index is 10.1. The van der Waals surface area contributed by atoms with Crippen LogP contribution in [0.2, 0.25) is 0 Å². The summed E-state index contributed by atoms with van der Waals surface area (Å²) in [6.07, 6.45) is 2.05. The molecule has 66 valence electrons. The van der Waals surface area contributed by atoms with Crippen LogP contribution in [0.5, 0.6) is 0 Å². The molecule has 5 heteroatoms. The van der Waals surface area contributed by atoms with Gasteiger partial charge < -0.3 is 4.74 Å². The van der Waals surface area contributed by atoms with Gasteiger partial charge in [0.15, 0.2) is 52.1 Å². The first-order valence-corrected chi connectivity index (χ1v) is 2.90. The number of hydrogen-bond acceptors (Lipinski definition) is 2. The van der Waals surface area contributed by atoms with Gasteiger partial charge in [-0.25, -0.2) is 0 Å². The molecular formula is C6H21Al3O2. The molecule has 0 unspecified atom stereocenters. The number of carbonyl (C=O) groups excluding carboxylic acids is 1. The topological polar surface area (TPSA) is 26.3 Å². The molecule has 0 amide bonds. The molecular weight excluding hydrogens is 185 g/mol. The van der Waals surface area contributed by atoms with E-state index >= 15 is 0 Å². The molecule has 0 rings (SSSR count). The van der Waals surface area contributed by atoms with Gasteiger partial charge in [-0.3, -0.25) is 4.79 Å². The molecule has 0 atom stereocenters. The van der Waals surface area contributed by atoms with E-state index in [4.69, 9.17) is 0 Å². The van der Waals surface area contributed by atoms with Crippen LogP contribution in [0.1, 0.15) is 26.7 Å². The van der Waals surface area contributed by atoms with Gasteiger partial charge in [0.1, 0.15) is 0 Å². The molecule has 0 saturated heterocycles. The van der Waals surface area contributed by atoms with Crippen molar-refractivity contribution < 1.29 is 9.53 Å². The molecule has 0 N–H and O–H groups in total. The standard InChI is InChI=1S/C6H12O2.3Al.9H/c1-3-4-5-8-6(2)7;;;;;;;;;;;;/h3-5H2,1-2H3;;;;;;;;;;;;. The summed E-state index contributed by atoms with van der Waals surface area (Å²) in [5, 5.41) is 0. The van der Waals surface area contributed by atoms with E-state index in [1.54, 1.807) is 0 Å². The van der Waals surface area contributed by atoms with E-state index in [2.05, 4.69) is 11.7 Å². The first-order chi connectivity index (χ1) is 3.77. The Kier molecular flexibility index (Phi) is 35.6. The van der Waals surface area contributed by atoms with Crippen molar-refractivity contribution in [1.29, 1.82) is 0 Å². The van der Waals surface area contributed by atoms with Gasteiger partial charge in [-0.2, -0.15) is 0 Å². The Morgan fingerprint density at radius 3 is 2.00 bits per heavy atom. The lowest BCUT2D eigenvalue weighted by Crippen LogP contribution is -1.99. The second-order valence-corrected chi connectivity index (χ2v) is 1.69. The molecule has 0 radical (unpaired) electrons. The molecule has 0 aromatic carbocycles. The highest BCUT2D eigenvalue weighted by atomic mass is 27.0. The Labute approximate surface area is 100 Å². The minimum atomic E-state index is -0.182. The SMILES string of the molecule is CCCCOC(C)=O.[AlH3].[AlH3].[AlH3]. The van der Waals surface area contributed by atoms with E-state index in [9.17, 15) is 4.79 Å². The molecule has 0 bridgehead atoms. The van der Waals surface area contributed by atoms with Gasteiger partial charge in [0.2, 0.25) is 0 Å². The second-order valence-electron chi connectivity index (χ2n) is 1.69. The van der Waals surface area contributed by atoms with Crippen molar-refractivity contribution in [1.82, 2.24) is 0 Å². The minimum Gasteiger partial charge on any atom is -0.466 e. The molecule has 2 nitrogen and oxygen atoms in total. The zero-order chi connectivity index (χ0) is 6.41. The first-order valence-electron chi connectivity index (χ1n) is 2.90. The second kappa shape index (κ2) is 17.2. The lowest BCUT2D eigenvalue weighted by molar-refractivity contribution is -0.141. The molecule has 0 fully saturated rings. The van der Waals surface area contributed by atoms with E-state index in [-0.39, 0.29) is 58.1 Å². The van der Waals surface area contributed by atoms with Gasteiger partial charge in [-0.15, -0.1) is 0 Å². The molecule has 0 aromatic rings. The molecule has 0 aliphatic rings. The third-order valence-electron chi connectivity index (χ3n) is 0.803. The first kappa shape index (κ1) is 22.7. The van der Waals surface area contributed by atoms with Gasteiger partial charge in [0.05, 0.1) is 6.61 Å². The van der Waals surface area contributed by atoms with E-state index in [1.807, 2.05) is 0 Å². The van der Waals surface area contributed by atoms with Crippen molar-refractivity contribution in [3.8, 4) is 0 Å². The summed E-state index contributed by atoms with van der Waals surface area (Å²) < 4.78 is 4.64. The van der Waals surface area contributed by atoms with Crippen molar-refractivity contribution in [2.24, 2.45) is 0 Å². The average Bonchev–Trinajstić information content (AvgIpc) is 1.66. The Bertz CT molecular complexity index is 78.2. The van der Waals surface area contributed by atoms with Crippen LogP contribution in [0.25, 0.3) is 0 Å². The molecule has 11 heavy (non-hydrogen) atoms. The van der Waals surface area contributed by atoms with E-state index < -0.39 is 0 Å². The Hall–Kier alpha value is 1.07. The average molecular weight is 206 g/mol. The largest absolute Gasteiger partial charge is 0.466 e. The summed E-state index contributed by atoms with van der Waals surface area (Å²) in [6.45, 7) is 4.06. The van der Waals surface area contributed by atoms with Gasteiger partial charge >= 0.3 is 5.97 Å². The summed E-state index contributed by atoms with van der Waals surface area (Å²) in [7, 11) is 0. The van der Waals surface area contributed by atoms with Crippen LogP contribution in [-0.2, 0) is 9.53 Å². The summed E-state index contributed by atoms with van der Waals surface area (Å²) in [4.78, 5) is 10.1. The van der Waals surface area contributed by atoms with Gasteiger partial charge in [0.25, 0.3) is 0 Å². The number of rotatable bonds is 3. The fourth-order valence-electron chi connectivity index (χ4n) is 0.360. The van der Waals surface area contributed by atoms with Crippen LogP contribution in [-0.4, -0.2) is 64.7 Å². The Morgan fingerprint density at radius 1 is 1.27 bits per heavy atom. The third kappa shape index (κ3) is 24.7. The number of carbonyl (C=O) groups is 1. The summed E-state index contributed by atoms with van der Waals surface area (Å²) in [6, 6.07) is 0. The minimum absolute atomic E-state index is 0. The van der Waals surface area contributed by atoms with E-state index in [1.165, 1.54) is 6.92 Å². The van der Waals surface area contributed by atoms with Crippen LogP contribution in [0.4, 0.5) is 0 Å². The van der Waals surface area contributed by atoms with Crippen LogP contribution in [0, 0.1) is 0 Å². The van der Waals surface area contributed by atoms with E-state index in [0.29, 0.717) is 6.61 Å². The predicted octanol–water partition coefficient (Wildman–Crippen LogP) is -2.20. The van der Waals surface area contributed by atoms with Crippen molar-refractivity contribution >= 4 is 58.1 Å². The van der Waals surface area contributed by atoms with Gasteiger partial charge in [-0.05, 0) is 6.42 Å². The zero-order valence-corrected chi connectivity index (χ0v) is 5.44. The predicted molar refractivity (Wildman–Crippen MR) is 61.4 cm³/mol. The smallest absolute Gasteiger partial charge is 0.302 e. The molecule has 0 aliphatic heterocycles. The highest BCUT2D eigenvalue weighted by Crippen LogP contribution is 1.86. The van der Waals surface area contributed by atoms with E-state index in [0.717, 1.165) is 12.8 Å². The maximum atomic E-state index is 10.1.